The van der Waals surface area contributed by atoms with Crippen LogP contribution in [0.4, 0.5) is 5.69 Å². The number of anilines is 1. The van der Waals surface area contributed by atoms with Gasteiger partial charge >= 0.3 is 0 Å². The predicted octanol–water partition coefficient (Wildman–Crippen LogP) is 1.32. The Hall–Kier alpha value is -2.00. The van der Waals surface area contributed by atoms with E-state index in [-0.39, 0.29) is 12.5 Å². The van der Waals surface area contributed by atoms with Crippen LogP contribution in [0.2, 0.25) is 0 Å². The largest absolute Gasteiger partial charge is 0.493 e. The van der Waals surface area contributed by atoms with E-state index in [1.807, 2.05) is 0 Å². The molecular formula is C19H31N3O5S. The fourth-order valence-electron chi connectivity index (χ4n) is 3.33. The van der Waals surface area contributed by atoms with Gasteiger partial charge in [0.1, 0.15) is 6.54 Å². The number of hydrogen-bond acceptors (Lipinski definition) is 6. The summed E-state index contributed by atoms with van der Waals surface area (Å²) < 4.78 is 36.0. The van der Waals surface area contributed by atoms with Gasteiger partial charge in [0, 0.05) is 12.6 Å². The van der Waals surface area contributed by atoms with Gasteiger partial charge in [0.15, 0.2) is 11.5 Å². The van der Waals surface area contributed by atoms with E-state index >= 15 is 0 Å². The van der Waals surface area contributed by atoms with Gasteiger partial charge in [0.2, 0.25) is 15.9 Å². The van der Waals surface area contributed by atoms with Crippen molar-refractivity contribution in [1.29, 1.82) is 0 Å². The topological polar surface area (TPSA) is 88.2 Å². The van der Waals surface area contributed by atoms with Crippen LogP contribution in [0.3, 0.4) is 0 Å². The summed E-state index contributed by atoms with van der Waals surface area (Å²) in [5.74, 6) is 1.17. The molecule has 8 nitrogen and oxygen atoms in total. The van der Waals surface area contributed by atoms with Gasteiger partial charge in [-0.05, 0) is 57.5 Å². The molecule has 1 aliphatic rings. The van der Waals surface area contributed by atoms with Gasteiger partial charge in [-0.15, -0.1) is 0 Å². The number of carbonyl (C=O) groups is 1. The lowest BCUT2D eigenvalue weighted by atomic mass is 9.94. The van der Waals surface area contributed by atoms with Crippen LogP contribution in [0.1, 0.15) is 19.3 Å². The third kappa shape index (κ3) is 6.27. The highest BCUT2D eigenvalue weighted by Crippen LogP contribution is 2.32. The lowest BCUT2D eigenvalue weighted by Crippen LogP contribution is -2.41. The summed E-state index contributed by atoms with van der Waals surface area (Å²) in [6.07, 6.45) is 4.26. The van der Waals surface area contributed by atoms with Crippen molar-refractivity contribution < 1.29 is 22.7 Å². The van der Waals surface area contributed by atoms with E-state index in [1.54, 1.807) is 18.2 Å². The van der Waals surface area contributed by atoms with Crippen molar-refractivity contribution in [3.05, 3.63) is 18.2 Å². The number of benzene rings is 1. The average Bonchev–Trinajstić information content (AvgIpc) is 2.66. The number of amides is 1. The predicted molar refractivity (Wildman–Crippen MR) is 110 cm³/mol. The van der Waals surface area contributed by atoms with Crippen molar-refractivity contribution in [1.82, 2.24) is 10.2 Å². The first-order valence-corrected chi connectivity index (χ1v) is 11.2. The highest BCUT2D eigenvalue weighted by Gasteiger charge is 2.23. The lowest BCUT2D eigenvalue weighted by Gasteiger charge is -2.29. The SMILES string of the molecule is COc1ccc(N(CC(=O)NCCC2CCN(C)CC2)S(C)(=O)=O)cc1OC. The highest BCUT2D eigenvalue weighted by molar-refractivity contribution is 7.92. The van der Waals surface area contributed by atoms with E-state index in [4.69, 9.17) is 9.47 Å². The maximum absolute atomic E-state index is 12.4. The van der Waals surface area contributed by atoms with Crippen molar-refractivity contribution >= 4 is 21.6 Å². The molecule has 28 heavy (non-hydrogen) atoms. The number of carbonyl (C=O) groups excluding carboxylic acids is 1. The quantitative estimate of drug-likeness (QED) is 0.657. The second-order valence-electron chi connectivity index (χ2n) is 7.19. The summed E-state index contributed by atoms with van der Waals surface area (Å²) in [5.41, 5.74) is 0.352. The molecule has 0 unspecified atom stereocenters. The molecule has 1 aromatic rings. The molecule has 0 radical (unpaired) electrons. The zero-order valence-corrected chi connectivity index (χ0v) is 17.9. The monoisotopic (exact) mass is 413 g/mol. The molecular weight excluding hydrogens is 382 g/mol. The fraction of sp³-hybridized carbons (Fsp3) is 0.632. The minimum Gasteiger partial charge on any atom is -0.493 e. The molecule has 0 atom stereocenters. The number of likely N-dealkylation sites (tertiary alicyclic amines) is 1. The molecule has 0 aromatic heterocycles. The zero-order chi connectivity index (χ0) is 20.7. The third-order valence-electron chi connectivity index (χ3n) is 5.06. The zero-order valence-electron chi connectivity index (χ0n) is 17.1. The van der Waals surface area contributed by atoms with Gasteiger partial charge < -0.3 is 19.7 Å². The molecule has 158 valence electrons. The van der Waals surface area contributed by atoms with Crippen molar-refractivity contribution in [2.24, 2.45) is 5.92 Å². The number of nitrogens with one attached hydrogen (secondary N) is 1. The smallest absolute Gasteiger partial charge is 0.240 e. The highest BCUT2D eigenvalue weighted by atomic mass is 32.2. The Balaban J connectivity index is 1.97. The summed E-state index contributed by atoms with van der Waals surface area (Å²) in [5, 5.41) is 2.85. The van der Waals surface area contributed by atoms with E-state index in [1.165, 1.54) is 14.2 Å². The Morgan fingerprint density at radius 2 is 1.86 bits per heavy atom. The van der Waals surface area contributed by atoms with E-state index in [0.717, 1.165) is 42.9 Å². The van der Waals surface area contributed by atoms with Crippen LogP contribution in [-0.2, 0) is 14.8 Å². The van der Waals surface area contributed by atoms with Crippen LogP contribution in [0, 0.1) is 5.92 Å². The Morgan fingerprint density at radius 1 is 1.21 bits per heavy atom. The van der Waals surface area contributed by atoms with Crippen LogP contribution < -0.4 is 19.1 Å². The number of nitrogens with zero attached hydrogens (tertiary/aromatic N) is 2. The second-order valence-corrected chi connectivity index (χ2v) is 9.10. The molecule has 0 bridgehead atoms. The molecule has 2 rings (SSSR count). The van der Waals surface area contributed by atoms with Crippen LogP contribution >= 0.6 is 0 Å². The van der Waals surface area contributed by atoms with Crippen molar-refractivity contribution in [2.45, 2.75) is 19.3 Å². The number of ether oxygens (including phenoxy) is 2. The molecule has 1 N–H and O–H groups in total. The normalized spacial score (nSPS) is 15.9. The molecule has 1 aromatic carbocycles. The van der Waals surface area contributed by atoms with Crippen LogP contribution in [0.25, 0.3) is 0 Å². The first kappa shape index (κ1) is 22.3. The van der Waals surface area contributed by atoms with Crippen LogP contribution in [0.15, 0.2) is 18.2 Å². The maximum Gasteiger partial charge on any atom is 0.240 e. The average molecular weight is 414 g/mol. The second kappa shape index (κ2) is 9.97. The number of methoxy groups -OCH3 is 2. The van der Waals surface area contributed by atoms with Gasteiger partial charge in [0.25, 0.3) is 0 Å². The van der Waals surface area contributed by atoms with Crippen LogP contribution in [0.5, 0.6) is 11.5 Å². The molecule has 0 spiro atoms. The Labute approximate surface area is 167 Å². The Bertz CT molecular complexity index is 761. The first-order chi connectivity index (χ1) is 13.2. The van der Waals surface area contributed by atoms with E-state index < -0.39 is 10.0 Å². The molecule has 0 saturated carbocycles. The lowest BCUT2D eigenvalue weighted by molar-refractivity contribution is -0.119. The Morgan fingerprint density at radius 3 is 2.43 bits per heavy atom. The van der Waals surface area contributed by atoms with Crippen molar-refractivity contribution in [3.63, 3.8) is 0 Å². The summed E-state index contributed by atoms with van der Waals surface area (Å²) in [6.45, 7) is 2.44. The van der Waals surface area contributed by atoms with Gasteiger partial charge in [-0.1, -0.05) is 0 Å². The van der Waals surface area contributed by atoms with E-state index in [0.29, 0.717) is 29.6 Å². The summed E-state index contributed by atoms with van der Waals surface area (Å²) in [4.78, 5) is 14.7. The number of sulfonamides is 1. The number of piperidine rings is 1. The van der Waals surface area contributed by atoms with Crippen molar-refractivity contribution in [2.75, 3.05) is 58.0 Å². The molecule has 0 aliphatic carbocycles. The first-order valence-electron chi connectivity index (χ1n) is 9.39. The standard InChI is InChI=1S/C19H31N3O5S/c1-21-11-8-15(9-12-21)7-10-20-19(23)14-22(28(4,24)25)16-5-6-17(26-2)18(13-16)27-3/h5-6,13,15H,7-12,14H2,1-4H3,(H,20,23). The van der Waals surface area contributed by atoms with Gasteiger partial charge in [-0.2, -0.15) is 0 Å². The van der Waals surface area contributed by atoms with Crippen LogP contribution in [-0.4, -0.2) is 72.9 Å². The number of hydrogen-bond donors (Lipinski definition) is 1. The van der Waals surface area contributed by atoms with Gasteiger partial charge in [0.05, 0.1) is 26.2 Å². The molecule has 1 heterocycles. The molecule has 9 heteroatoms. The third-order valence-corrected chi connectivity index (χ3v) is 6.20. The minimum atomic E-state index is -3.64. The fourth-order valence-corrected chi connectivity index (χ4v) is 4.18. The van der Waals surface area contributed by atoms with Gasteiger partial charge in [-0.3, -0.25) is 9.10 Å². The minimum absolute atomic E-state index is 0.276. The molecule has 1 aliphatic heterocycles. The molecule has 1 amide bonds. The summed E-state index contributed by atoms with van der Waals surface area (Å²) >= 11 is 0. The summed E-state index contributed by atoms with van der Waals surface area (Å²) in [6, 6.07) is 4.75. The summed E-state index contributed by atoms with van der Waals surface area (Å²) in [7, 11) is 1.46. The van der Waals surface area contributed by atoms with Gasteiger partial charge in [-0.25, -0.2) is 8.42 Å². The maximum atomic E-state index is 12.4. The Kier molecular flexibility index (Phi) is 7.94. The number of rotatable bonds is 9. The molecule has 1 fully saturated rings. The van der Waals surface area contributed by atoms with E-state index in [2.05, 4.69) is 17.3 Å². The van der Waals surface area contributed by atoms with Crippen molar-refractivity contribution in [3.8, 4) is 11.5 Å². The molecule has 1 saturated heterocycles. The van der Waals surface area contributed by atoms with E-state index in [9.17, 15) is 13.2 Å².